The van der Waals surface area contributed by atoms with Crippen molar-refractivity contribution in [3.05, 3.63) is 41.0 Å². The van der Waals surface area contributed by atoms with E-state index in [1.807, 2.05) is 27.0 Å². The quantitative estimate of drug-likeness (QED) is 0.659. The molecule has 0 aromatic heterocycles. The van der Waals surface area contributed by atoms with Crippen molar-refractivity contribution in [3.8, 4) is 0 Å². The molecule has 4 nitrogen and oxygen atoms in total. The molecule has 1 amide bonds. The van der Waals surface area contributed by atoms with Crippen LogP contribution in [0.5, 0.6) is 0 Å². The number of likely N-dealkylation sites (N-methyl/N-ethyl adjacent to an activating group) is 1. The molecule has 0 bridgehead atoms. The average Bonchev–Trinajstić information content (AvgIpc) is 2.55. The van der Waals surface area contributed by atoms with Gasteiger partial charge in [0.1, 0.15) is 0 Å². The zero-order chi connectivity index (χ0) is 14.2. The monoisotopic (exact) mass is 258 g/mol. The number of carbonyl (C=O) groups excluding carboxylic acids is 2. The molecule has 0 radical (unpaired) electrons. The van der Waals surface area contributed by atoms with Crippen molar-refractivity contribution >= 4 is 17.4 Å². The van der Waals surface area contributed by atoms with E-state index in [0.717, 1.165) is 22.4 Å². The first-order valence-corrected chi connectivity index (χ1v) is 6.24. The fourth-order valence-electron chi connectivity index (χ4n) is 2.51. The highest BCUT2D eigenvalue weighted by Crippen LogP contribution is 2.33. The number of aryl methyl sites for hydroxylation is 2. The molecule has 0 unspecified atom stereocenters. The predicted octanol–water partition coefficient (Wildman–Crippen LogP) is 1.61. The van der Waals surface area contributed by atoms with Gasteiger partial charge in [-0.25, -0.2) is 0 Å². The first-order valence-electron chi connectivity index (χ1n) is 6.24. The van der Waals surface area contributed by atoms with Crippen molar-refractivity contribution in [2.45, 2.75) is 13.8 Å². The number of fused-ring (bicyclic) bond motifs is 1. The number of benzene rings is 1. The minimum atomic E-state index is -0.457. The van der Waals surface area contributed by atoms with Gasteiger partial charge in [0.25, 0.3) is 11.7 Å². The van der Waals surface area contributed by atoms with Crippen LogP contribution in [0.2, 0.25) is 0 Å². The number of Topliss-reactive ketones (excluding diaryl/α,β-unsaturated/α-hetero) is 1. The Bertz CT molecular complexity index is 576. The van der Waals surface area contributed by atoms with Crippen LogP contribution in [0.1, 0.15) is 21.5 Å². The molecule has 1 aromatic carbocycles. The van der Waals surface area contributed by atoms with Crippen LogP contribution in [-0.2, 0) is 4.79 Å². The molecule has 1 aliphatic heterocycles. The molecule has 0 atom stereocenters. The Morgan fingerprint density at radius 2 is 2.00 bits per heavy atom. The Balaban J connectivity index is 2.41. The van der Waals surface area contributed by atoms with Gasteiger partial charge in [0, 0.05) is 13.1 Å². The van der Waals surface area contributed by atoms with E-state index in [4.69, 9.17) is 0 Å². The molecule has 0 saturated carbocycles. The SMILES string of the molecule is C=C(CNC)CN1C(=O)C(=O)c2cc(C)cc(C)c21. The van der Waals surface area contributed by atoms with Crippen LogP contribution < -0.4 is 10.2 Å². The smallest absolute Gasteiger partial charge is 0.299 e. The molecule has 100 valence electrons. The Morgan fingerprint density at radius 1 is 1.32 bits per heavy atom. The van der Waals surface area contributed by atoms with Gasteiger partial charge >= 0.3 is 0 Å². The Kier molecular flexibility index (Phi) is 3.53. The second-order valence-corrected chi connectivity index (χ2v) is 4.98. The van der Waals surface area contributed by atoms with E-state index >= 15 is 0 Å². The summed E-state index contributed by atoms with van der Waals surface area (Å²) < 4.78 is 0. The molecular formula is C15H18N2O2. The maximum Gasteiger partial charge on any atom is 0.299 e. The minimum Gasteiger partial charge on any atom is -0.316 e. The average molecular weight is 258 g/mol. The molecular weight excluding hydrogens is 240 g/mol. The number of rotatable bonds is 4. The number of carbonyl (C=O) groups is 2. The van der Waals surface area contributed by atoms with E-state index in [1.165, 1.54) is 4.90 Å². The lowest BCUT2D eigenvalue weighted by molar-refractivity contribution is -0.114. The van der Waals surface area contributed by atoms with Crippen LogP contribution >= 0.6 is 0 Å². The van der Waals surface area contributed by atoms with Gasteiger partial charge in [-0.2, -0.15) is 0 Å². The van der Waals surface area contributed by atoms with Gasteiger partial charge in [-0.3, -0.25) is 9.59 Å². The van der Waals surface area contributed by atoms with E-state index < -0.39 is 11.7 Å². The molecule has 4 heteroatoms. The largest absolute Gasteiger partial charge is 0.316 e. The van der Waals surface area contributed by atoms with Gasteiger partial charge in [-0.05, 0) is 43.7 Å². The van der Waals surface area contributed by atoms with E-state index in [-0.39, 0.29) is 0 Å². The van der Waals surface area contributed by atoms with Crippen LogP contribution in [0, 0.1) is 13.8 Å². The third-order valence-corrected chi connectivity index (χ3v) is 3.21. The van der Waals surface area contributed by atoms with Crippen molar-refractivity contribution in [1.82, 2.24) is 5.32 Å². The van der Waals surface area contributed by atoms with Crippen LogP contribution in [-0.4, -0.2) is 31.8 Å². The van der Waals surface area contributed by atoms with E-state index in [0.29, 0.717) is 18.7 Å². The zero-order valence-electron chi connectivity index (χ0n) is 11.5. The summed E-state index contributed by atoms with van der Waals surface area (Å²) in [5, 5.41) is 2.99. The third-order valence-electron chi connectivity index (χ3n) is 3.21. The lowest BCUT2D eigenvalue weighted by Gasteiger charge is -2.20. The maximum atomic E-state index is 12.1. The van der Waals surface area contributed by atoms with E-state index in [1.54, 1.807) is 6.07 Å². The Hall–Kier alpha value is -1.94. The standard InChI is InChI=1S/C15H18N2O2/c1-9-5-11(3)13-12(6-9)14(18)15(19)17(13)8-10(2)7-16-4/h5-6,16H,2,7-8H2,1,3-4H3. The van der Waals surface area contributed by atoms with E-state index in [9.17, 15) is 9.59 Å². The normalized spacial score (nSPS) is 13.9. The second kappa shape index (κ2) is 4.97. The van der Waals surface area contributed by atoms with Gasteiger partial charge in [0.2, 0.25) is 0 Å². The summed E-state index contributed by atoms with van der Waals surface area (Å²) in [5.41, 5.74) is 4.06. The fourth-order valence-corrected chi connectivity index (χ4v) is 2.51. The van der Waals surface area contributed by atoms with Gasteiger partial charge in [0.15, 0.2) is 0 Å². The number of hydrogen-bond donors (Lipinski definition) is 1. The van der Waals surface area contributed by atoms with Gasteiger partial charge in [-0.1, -0.05) is 12.6 Å². The van der Waals surface area contributed by atoms with Crippen molar-refractivity contribution in [3.63, 3.8) is 0 Å². The van der Waals surface area contributed by atoms with Gasteiger partial charge < -0.3 is 10.2 Å². The van der Waals surface area contributed by atoms with Crippen molar-refractivity contribution < 1.29 is 9.59 Å². The number of nitrogens with one attached hydrogen (secondary N) is 1. The summed E-state index contributed by atoms with van der Waals surface area (Å²) in [5.74, 6) is -0.875. The van der Waals surface area contributed by atoms with Crippen molar-refractivity contribution in [2.75, 3.05) is 25.0 Å². The molecule has 2 rings (SSSR count). The second-order valence-electron chi connectivity index (χ2n) is 4.98. The lowest BCUT2D eigenvalue weighted by atomic mass is 10.0. The summed E-state index contributed by atoms with van der Waals surface area (Å²) >= 11 is 0. The number of nitrogens with zero attached hydrogens (tertiary/aromatic N) is 1. The summed E-state index contributed by atoms with van der Waals surface area (Å²) in [6.45, 7) is 8.77. The fraction of sp³-hybridized carbons (Fsp3) is 0.333. The maximum absolute atomic E-state index is 12.1. The third kappa shape index (κ3) is 2.31. The van der Waals surface area contributed by atoms with Crippen LogP contribution in [0.3, 0.4) is 0 Å². The molecule has 1 heterocycles. The first kappa shape index (κ1) is 13.5. The topological polar surface area (TPSA) is 49.4 Å². The van der Waals surface area contributed by atoms with E-state index in [2.05, 4.69) is 11.9 Å². The zero-order valence-corrected chi connectivity index (χ0v) is 11.5. The number of anilines is 1. The summed E-state index contributed by atoms with van der Waals surface area (Å²) in [6.07, 6.45) is 0. The molecule has 1 aromatic rings. The van der Waals surface area contributed by atoms with Crippen molar-refractivity contribution in [1.29, 1.82) is 0 Å². The van der Waals surface area contributed by atoms with Crippen LogP contribution in [0.25, 0.3) is 0 Å². The number of ketones is 1. The molecule has 0 fully saturated rings. The molecule has 0 saturated heterocycles. The highest BCUT2D eigenvalue weighted by molar-refractivity contribution is 6.52. The molecule has 0 aliphatic carbocycles. The minimum absolute atomic E-state index is 0.377. The number of amides is 1. The Morgan fingerprint density at radius 3 is 2.63 bits per heavy atom. The Labute approximate surface area is 113 Å². The van der Waals surface area contributed by atoms with Crippen LogP contribution in [0.15, 0.2) is 24.3 Å². The molecule has 1 N–H and O–H groups in total. The molecule has 19 heavy (non-hydrogen) atoms. The highest BCUT2D eigenvalue weighted by Gasteiger charge is 2.37. The summed E-state index contributed by atoms with van der Waals surface area (Å²) in [4.78, 5) is 25.6. The summed E-state index contributed by atoms with van der Waals surface area (Å²) in [6, 6.07) is 3.77. The predicted molar refractivity (Wildman–Crippen MR) is 75.7 cm³/mol. The van der Waals surface area contributed by atoms with Crippen molar-refractivity contribution in [2.24, 2.45) is 0 Å². The lowest BCUT2D eigenvalue weighted by Crippen LogP contribution is -2.33. The highest BCUT2D eigenvalue weighted by atomic mass is 16.2. The van der Waals surface area contributed by atoms with Gasteiger partial charge in [-0.15, -0.1) is 0 Å². The molecule has 1 aliphatic rings. The first-order chi connectivity index (χ1) is 8.95. The summed E-state index contributed by atoms with van der Waals surface area (Å²) in [7, 11) is 1.82. The van der Waals surface area contributed by atoms with Crippen LogP contribution in [0.4, 0.5) is 5.69 Å². The number of hydrogen-bond acceptors (Lipinski definition) is 3. The molecule has 0 spiro atoms. The van der Waals surface area contributed by atoms with Gasteiger partial charge in [0.05, 0.1) is 11.3 Å².